The van der Waals surface area contributed by atoms with Gasteiger partial charge in [-0.1, -0.05) is 31.2 Å². The van der Waals surface area contributed by atoms with E-state index in [1.807, 2.05) is 6.92 Å². The molecule has 2 aromatic carbocycles. The van der Waals surface area contributed by atoms with Gasteiger partial charge in [0, 0.05) is 12.2 Å². The lowest BCUT2D eigenvalue weighted by Crippen LogP contribution is -2.19. The molecule has 3 nitrogen and oxygen atoms in total. The number of amides is 1. The molecule has 0 aliphatic heterocycles. The zero-order valence-electron chi connectivity index (χ0n) is 12.9. The van der Waals surface area contributed by atoms with Crippen molar-refractivity contribution in [3.63, 3.8) is 0 Å². The lowest BCUT2D eigenvalue weighted by atomic mass is 10.1. The van der Waals surface area contributed by atoms with Crippen LogP contribution in [0.3, 0.4) is 0 Å². The monoisotopic (exact) mass is 340 g/mol. The number of anilines is 1. The molecule has 7 heteroatoms. The summed E-state index contributed by atoms with van der Waals surface area (Å²) in [6.45, 7) is 3.10. The fourth-order valence-corrected chi connectivity index (χ4v) is 2.17. The molecule has 0 saturated carbocycles. The Balaban J connectivity index is 2.29. The molecule has 24 heavy (non-hydrogen) atoms. The van der Waals surface area contributed by atoms with Gasteiger partial charge in [-0.15, -0.1) is 0 Å². The van der Waals surface area contributed by atoms with E-state index in [0.29, 0.717) is 24.8 Å². The number of para-hydroxylation sites is 1. The average molecular weight is 340 g/mol. The topological polar surface area (TPSA) is 41.1 Å². The van der Waals surface area contributed by atoms with Crippen LogP contribution < -0.4 is 10.6 Å². The van der Waals surface area contributed by atoms with Crippen LogP contribution in [0, 0.1) is 5.82 Å². The Morgan fingerprint density at radius 1 is 1.08 bits per heavy atom. The molecule has 2 rings (SSSR count). The number of benzene rings is 2. The van der Waals surface area contributed by atoms with Gasteiger partial charge >= 0.3 is 6.18 Å². The minimum atomic E-state index is -4.86. The molecule has 0 atom stereocenters. The molecule has 0 radical (unpaired) electrons. The highest BCUT2D eigenvalue weighted by molar-refractivity contribution is 6.05. The number of hydrogen-bond acceptors (Lipinski definition) is 2. The van der Waals surface area contributed by atoms with E-state index in [1.54, 1.807) is 24.3 Å². The van der Waals surface area contributed by atoms with Crippen LogP contribution in [0.25, 0.3) is 0 Å². The third-order valence-corrected chi connectivity index (χ3v) is 3.38. The van der Waals surface area contributed by atoms with Crippen LogP contribution in [0.2, 0.25) is 0 Å². The quantitative estimate of drug-likeness (QED) is 0.801. The Labute approximate surface area is 136 Å². The van der Waals surface area contributed by atoms with Gasteiger partial charge in [0.25, 0.3) is 5.91 Å². The fourth-order valence-electron chi connectivity index (χ4n) is 2.17. The maximum absolute atomic E-state index is 14.0. The number of nitrogens with one attached hydrogen (secondary N) is 2. The maximum Gasteiger partial charge on any atom is 0.419 e. The summed E-state index contributed by atoms with van der Waals surface area (Å²) < 4.78 is 52.3. The van der Waals surface area contributed by atoms with E-state index in [1.165, 1.54) is 0 Å². The number of alkyl halides is 3. The Bertz CT molecular complexity index is 729. The molecule has 0 aliphatic carbocycles. The van der Waals surface area contributed by atoms with Gasteiger partial charge in [-0.2, -0.15) is 13.2 Å². The van der Waals surface area contributed by atoms with Gasteiger partial charge in [0.2, 0.25) is 0 Å². The van der Waals surface area contributed by atoms with Crippen molar-refractivity contribution >= 4 is 11.6 Å². The molecule has 0 bridgehead atoms. The molecular weight excluding hydrogens is 324 g/mol. The van der Waals surface area contributed by atoms with E-state index in [9.17, 15) is 22.4 Å². The second-order valence-corrected chi connectivity index (χ2v) is 5.06. The van der Waals surface area contributed by atoms with E-state index >= 15 is 0 Å². The third-order valence-electron chi connectivity index (χ3n) is 3.38. The summed E-state index contributed by atoms with van der Waals surface area (Å²) in [4.78, 5) is 12.2. The zero-order chi connectivity index (χ0) is 17.7. The molecule has 0 aromatic heterocycles. The Kier molecular flexibility index (Phi) is 5.56. The normalized spacial score (nSPS) is 11.4. The van der Waals surface area contributed by atoms with Gasteiger partial charge in [0.1, 0.15) is 5.82 Å². The van der Waals surface area contributed by atoms with Crippen molar-refractivity contribution in [1.29, 1.82) is 0 Å². The lowest BCUT2D eigenvalue weighted by molar-refractivity contribution is -0.140. The van der Waals surface area contributed by atoms with Crippen molar-refractivity contribution in [3.8, 4) is 0 Å². The van der Waals surface area contributed by atoms with Crippen molar-refractivity contribution in [3.05, 3.63) is 65.0 Å². The van der Waals surface area contributed by atoms with E-state index in [-0.39, 0.29) is 0 Å². The molecule has 1 amide bonds. The minimum absolute atomic E-state index is 0.417. The van der Waals surface area contributed by atoms with Crippen molar-refractivity contribution in [2.24, 2.45) is 0 Å². The number of halogens is 4. The van der Waals surface area contributed by atoms with Crippen LogP contribution in [0.15, 0.2) is 42.5 Å². The lowest BCUT2D eigenvalue weighted by Gasteiger charge is -2.13. The molecule has 0 unspecified atom stereocenters. The number of rotatable bonds is 5. The van der Waals surface area contributed by atoms with E-state index in [2.05, 4.69) is 10.6 Å². The minimum Gasteiger partial charge on any atom is -0.322 e. The standard InChI is InChI=1S/C17H16F4N2O/c1-2-22-10-11-6-3-4-9-14(11)23-16(24)12-7-5-8-13(15(12)18)17(19,20)21/h3-9,22H,2,10H2,1H3,(H,23,24). The van der Waals surface area contributed by atoms with E-state index in [4.69, 9.17) is 0 Å². The van der Waals surface area contributed by atoms with Crippen molar-refractivity contribution in [2.75, 3.05) is 11.9 Å². The number of carbonyl (C=O) groups is 1. The first-order chi connectivity index (χ1) is 11.3. The zero-order valence-corrected chi connectivity index (χ0v) is 12.9. The Morgan fingerprint density at radius 2 is 1.79 bits per heavy atom. The maximum atomic E-state index is 14.0. The van der Waals surface area contributed by atoms with E-state index in [0.717, 1.165) is 17.7 Å². The molecule has 128 valence electrons. The van der Waals surface area contributed by atoms with Gasteiger partial charge in [-0.3, -0.25) is 4.79 Å². The van der Waals surface area contributed by atoms with Gasteiger partial charge in [0.05, 0.1) is 11.1 Å². The second kappa shape index (κ2) is 7.44. The van der Waals surface area contributed by atoms with Crippen molar-refractivity contribution < 1.29 is 22.4 Å². The molecule has 2 aromatic rings. The van der Waals surface area contributed by atoms with Crippen LogP contribution in [-0.2, 0) is 12.7 Å². The summed E-state index contributed by atoms with van der Waals surface area (Å²) in [5.41, 5.74) is -0.945. The van der Waals surface area contributed by atoms with Crippen LogP contribution in [0.5, 0.6) is 0 Å². The number of hydrogen-bond donors (Lipinski definition) is 2. The predicted octanol–water partition coefficient (Wildman–Crippen LogP) is 4.21. The molecule has 0 spiro atoms. The second-order valence-electron chi connectivity index (χ2n) is 5.06. The SMILES string of the molecule is CCNCc1ccccc1NC(=O)c1cccc(C(F)(F)F)c1F. The molecule has 0 aliphatic rings. The fraction of sp³-hybridized carbons (Fsp3) is 0.235. The average Bonchev–Trinajstić information content (AvgIpc) is 2.53. The largest absolute Gasteiger partial charge is 0.419 e. The van der Waals surface area contributed by atoms with Crippen LogP contribution in [0.1, 0.15) is 28.4 Å². The highest BCUT2D eigenvalue weighted by atomic mass is 19.4. The molecule has 0 saturated heterocycles. The summed E-state index contributed by atoms with van der Waals surface area (Å²) in [5, 5.41) is 5.55. The smallest absolute Gasteiger partial charge is 0.322 e. The summed E-state index contributed by atoms with van der Waals surface area (Å²) in [7, 11) is 0. The van der Waals surface area contributed by atoms with Crippen LogP contribution in [0.4, 0.5) is 23.2 Å². The first-order valence-electron chi connectivity index (χ1n) is 7.30. The number of carbonyl (C=O) groups excluding carboxylic acids is 1. The first-order valence-corrected chi connectivity index (χ1v) is 7.30. The van der Waals surface area contributed by atoms with Crippen LogP contribution in [-0.4, -0.2) is 12.5 Å². The summed E-state index contributed by atoms with van der Waals surface area (Å²) in [6, 6.07) is 9.45. The third kappa shape index (κ3) is 4.11. The Hall–Kier alpha value is -2.41. The molecule has 2 N–H and O–H groups in total. The van der Waals surface area contributed by atoms with Gasteiger partial charge < -0.3 is 10.6 Å². The van der Waals surface area contributed by atoms with Gasteiger partial charge in [-0.25, -0.2) is 4.39 Å². The highest BCUT2D eigenvalue weighted by Crippen LogP contribution is 2.32. The van der Waals surface area contributed by atoms with Crippen molar-refractivity contribution in [1.82, 2.24) is 5.32 Å². The van der Waals surface area contributed by atoms with Gasteiger partial charge in [-0.05, 0) is 30.3 Å². The first kappa shape index (κ1) is 17.9. The molecular formula is C17H16F4N2O. The Morgan fingerprint density at radius 3 is 2.46 bits per heavy atom. The summed E-state index contributed by atoms with van der Waals surface area (Å²) in [6.07, 6.45) is -4.86. The molecule has 0 fully saturated rings. The molecule has 0 heterocycles. The van der Waals surface area contributed by atoms with Gasteiger partial charge in [0.15, 0.2) is 0 Å². The van der Waals surface area contributed by atoms with E-state index < -0.39 is 29.0 Å². The van der Waals surface area contributed by atoms with Crippen molar-refractivity contribution in [2.45, 2.75) is 19.6 Å². The highest BCUT2D eigenvalue weighted by Gasteiger charge is 2.35. The summed E-state index contributed by atoms with van der Waals surface area (Å²) in [5.74, 6) is -2.51. The predicted molar refractivity (Wildman–Crippen MR) is 83.2 cm³/mol. The summed E-state index contributed by atoms with van der Waals surface area (Å²) >= 11 is 0. The van der Waals surface area contributed by atoms with Crippen LogP contribution >= 0.6 is 0 Å².